The Kier molecular flexibility index (Phi) is 6.20. The molecule has 0 spiro atoms. The molecule has 4 rings (SSSR count). The first-order valence-electron chi connectivity index (χ1n) is 10.9. The molecule has 170 valence electrons. The van der Waals surface area contributed by atoms with Gasteiger partial charge in [0.15, 0.2) is 5.82 Å². The zero-order valence-electron chi connectivity index (χ0n) is 18.1. The standard InChI is InChI=1S/C22H28FN7O2/c1-25-9-5-22(6-10-29(11-7-22)19(31)12-15-2-3-15)30-14-17(20(24)32)21(28-30)27-16-4-8-26-18(23)13-16/h4,8-9,13-15H,2-3,5-7,10-12H2,1H3,(H2,24,32)(H,26,27,28). The zero-order valence-corrected chi connectivity index (χ0v) is 18.1. The highest BCUT2D eigenvalue weighted by atomic mass is 19.1. The van der Waals surface area contributed by atoms with Gasteiger partial charge in [-0.25, -0.2) is 4.98 Å². The molecule has 2 aliphatic rings. The van der Waals surface area contributed by atoms with Crippen molar-refractivity contribution in [1.29, 1.82) is 0 Å². The molecule has 32 heavy (non-hydrogen) atoms. The van der Waals surface area contributed by atoms with E-state index in [1.165, 1.54) is 12.3 Å². The van der Waals surface area contributed by atoms with Crippen LogP contribution in [0.5, 0.6) is 0 Å². The summed E-state index contributed by atoms with van der Waals surface area (Å²) in [5, 5.41) is 7.60. The molecule has 2 fully saturated rings. The summed E-state index contributed by atoms with van der Waals surface area (Å²) in [6.45, 7) is 1.24. The minimum absolute atomic E-state index is 0.210. The smallest absolute Gasteiger partial charge is 0.254 e. The van der Waals surface area contributed by atoms with Gasteiger partial charge >= 0.3 is 0 Å². The van der Waals surface area contributed by atoms with Crippen LogP contribution in [-0.4, -0.2) is 57.8 Å². The number of carbonyl (C=O) groups is 2. The fourth-order valence-electron chi connectivity index (χ4n) is 4.16. The number of hydrogen-bond donors (Lipinski definition) is 2. The molecule has 3 heterocycles. The number of amides is 2. The van der Waals surface area contributed by atoms with Crippen LogP contribution >= 0.6 is 0 Å². The van der Waals surface area contributed by atoms with E-state index in [1.807, 2.05) is 11.1 Å². The van der Waals surface area contributed by atoms with Crippen molar-refractivity contribution in [2.24, 2.45) is 16.6 Å². The minimum atomic E-state index is -0.645. The number of carbonyl (C=O) groups excluding carboxylic acids is 2. The van der Waals surface area contributed by atoms with E-state index < -0.39 is 17.4 Å². The summed E-state index contributed by atoms with van der Waals surface area (Å²) < 4.78 is 15.3. The average molecular weight is 442 g/mol. The topological polar surface area (TPSA) is 118 Å². The summed E-state index contributed by atoms with van der Waals surface area (Å²) in [6.07, 6.45) is 9.69. The molecule has 0 radical (unpaired) electrons. The van der Waals surface area contributed by atoms with Gasteiger partial charge in [-0.15, -0.1) is 0 Å². The number of anilines is 2. The van der Waals surface area contributed by atoms with Crippen molar-refractivity contribution in [3.05, 3.63) is 36.0 Å². The summed E-state index contributed by atoms with van der Waals surface area (Å²) in [4.78, 5) is 34.3. The van der Waals surface area contributed by atoms with Gasteiger partial charge in [0.25, 0.3) is 5.91 Å². The number of hydrogen-bond acceptors (Lipinski definition) is 6. The first kappa shape index (κ1) is 21.9. The summed E-state index contributed by atoms with van der Waals surface area (Å²) in [5.41, 5.74) is 5.78. The van der Waals surface area contributed by atoms with Crippen LogP contribution in [-0.2, 0) is 10.3 Å². The largest absolute Gasteiger partial charge is 0.365 e. The van der Waals surface area contributed by atoms with Crippen molar-refractivity contribution < 1.29 is 14.0 Å². The number of primary amides is 1. The first-order valence-corrected chi connectivity index (χ1v) is 10.9. The molecule has 1 aliphatic heterocycles. The van der Waals surface area contributed by atoms with E-state index in [2.05, 4.69) is 20.4 Å². The van der Waals surface area contributed by atoms with E-state index in [0.29, 0.717) is 50.4 Å². The number of piperidine rings is 1. The molecule has 0 aromatic carbocycles. The van der Waals surface area contributed by atoms with E-state index in [-0.39, 0.29) is 17.3 Å². The van der Waals surface area contributed by atoms with Gasteiger partial charge < -0.3 is 20.9 Å². The predicted molar refractivity (Wildman–Crippen MR) is 118 cm³/mol. The number of aliphatic imine (C=N–C) groups is 1. The van der Waals surface area contributed by atoms with Crippen molar-refractivity contribution in [2.75, 3.05) is 25.5 Å². The fourth-order valence-corrected chi connectivity index (χ4v) is 4.16. The number of halogens is 1. The van der Waals surface area contributed by atoms with Crippen LogP contribution in [0.2, 0.25) is 0 Å². The van der Waals surface area contributed by atoms with Gasteiger partial charge in [-0.05, 0) is 37.7 Å². The maximum Gasteiger partial charge on any atom is 0.254 e. The zero-order chi connectivity index (χ0) is 22.7. The van der Waals surface area contributed by atoms with Crippen molar-refractivity contribution in [1.82, 2.24) is 19.7 Å². The number of nitrogens with two attached hydrogens (primary N) is 1. The Bertz CT molecular complexity index is 1020. The lowest BCUT2D eigenvalue weighted by Gasteiger charge is -2.41. The third kappa shape index (κ3) is 4.79. The van der Waals surface area contributed by atoms with Gasteiger partial charge in [-0.2, -0.15) is 9.49 Å². The van der Waals surface area contributed by atoms with Gasteiger partial charge in [0.1, 0.15) is 5.56 Å². The lowest BCUT2D eigenvalue weighted by atomic mass is 9.84. The third-order valence-corrected chi connectivity index (χ3v) is 6.32. The van der Waals surface area contributed by atoms with Crippen LogP contribution in [0.1, 0.15) is 48.9 Å². The molecule has 0 unspecified atom stereocenters. The highest BCUT2D eigenvalue weighted by Gasteiger charge is 2.39. The van der Waals surface area contributed by atoms with Crippen molar-refractivity contribution in [3.8, 4) is 0 Å². The Morgan fingerprint density at radius 2 is 2.12 bits per heavy atom. The van der Waals surface area contributed by atoms with E-state index in [0.717, 1.165) is 12.8 Å². The molecule has 3 N–H and O–H groups in total. The molecule has 9 nitrogen and oxygen atoms in total. The van der Waals surface area contributed by atoms with Gasteiger partial charge in [-0.1, -0.05) is 0 Å². The monoisotopic (exact) mass is 441 g/mol. The SMILES string of the molecule is CN=CCC1(n2cc(C(N)=O)c(Nc3ccnc(F)c3)n2)CCN(C(=O)CC2CC2)CC1. The Balaban J connectivity index is 1.59. The molecule has 0 bridgehead atoms. The van der Waals surface area contributed by atoms with Gasteiger partial charge in [-0.3, -0.25) is 14.3 Å². The summed E-state index contributed by atoms with van der Waals surface area (Å²) in [5.74, 6) is -0.260. The number of nitrogens with one attached hydrogen (secondary N) is 1. The normalized spacial score (nSPS) is 18.1. The van der Waals surface area contributed by atoms with Crippen LogP contribution in [0.4, 0.5) is 15.9 Å². The third-order valence-electron chi connectivity index (χ3n) is 6.32. The second-order valence-corrected chi connectivity index (χ2v) is 8.59. The Labute approximate surface area is 185 Å². The molecule has 10 heteroatoms. The Hall–Kier alpha value is -3.30. The van der Waals surface area contributed by atoms with E-state index in [1.54, 1.807) is 24.0 Å². The Morgan fingerprint density at radius 3 is 2.75 bits per heavy atom. The van der Waals surface area contributed by atoms with E-state index in [4.69, 9.17) is 5.73 Å². The predicted octanol–water partition coefficient (Wildman–Crippen LogP) is 2.47. The number of nitrogens with zero attached hydrogens (tertiary/aromatic N) is 5. The lowest BCUT2D eigenvalue weighted by Crippen LogP contribution is -2.48. The number of pyridine rings is 1. The van der Waals surface area contributed by atoms with Crippen molar-refractivity contribution in [2.45, 2.75) is 44.1 Å². The molecule has 1 saturated carbocycles. The molecule has 0 atom stereocenters. The van der Waals surface area contributed by atoms with Crippen molar-refractivity contribution in [3.63, 3.8) is 0 Å². The number of rotatable bonds is 8. The average Bonchev–Trinajstić information content (AvgIpc) is 3.48. The second kappa shape index (κ2) is 9.05. The quantitative estimate of drug-likeness (QED) is 0.482. The summed E-state index contributed by atoms with van der Waals surface area (Å²) >= 11 is 0. The molecule has 2 amide bonds. The number of aromatic nitrogens is 3. The van der Waals surface area contributed by atoms with Crippen LogP contribution in [0.3, 0.4) is 0 Å². The Morgan fingerprint density at radius 1 is 1.38 bits per heavy atom. The van der Waals surface area contributed by atoms with Crippen LogP contribution < -0.4 is 11.1 Å². The van der Waals surface area contributed by atoms with Crippen molar-refractivity contribution >= 4 is 29.5 Å². The van der Waals surface area contributed by atoms with Crippen LogP contribution in [0.15, 0.2) is 29.5 Å². The first-order chi connectivity index (χ1) is 15.4. The van der Waals surface area contributed by atoms with Crippen LogP contribution in [0.25, 0.3) is 0 Å². The molecular formula is C22H28FN7O2. The van der Waals surface area contributed by atoms with Gasteiger partial charge in [0, 0.05) is 63.3 Å². The molecule has 1 aliphatic carbocycles. The van der Waals surface area contributed by atoms with Crippen LogP contribution in [0, 0.1) is 11.9 Å². The highest BCUT2D eigenvalue weighted by Crippen LogP contribution is 2.37. The minimum Gasteiger partial charge on any atom is -0.365 e. The second-order valence-electron chi connectivity index (χ2n) is 8.59. The molecule has 2 aromatic rings. The number of likely N-dealkylation sites (tertiary alicyclic amines) is 1. The van der Waals surface area contributed by atoms with E-state index >= 15 is 0 Å². The lowest BCUT2D eigenvalue weighted by molar-refractivity contribution is -0.133. The maximum atomic E-state index is 13.5. The van der Waals surface area contributed by atoms with Gasteiger partial charge in [0.2, 0.25) is 11.9 Å². The maximum absolute atomic E-state index is 13.5. The molecule has 2 aromatic heterocycles. The molecular weight excluding hydrogens is 413 g/mol. The summed E-state index contributed by atoms with van der Waals surface area (Å²) in [7, 11) is 1.71. The van der Waals surface area contributed by atoms with E-state index in [9.17, 15) is 14.0 Å². The van der Waals surface area contributed by atoms with Gasteiger partial charge in [0.05, 0.1) is 5.54 Å². The fraction of sp³-hybridized carbons (Fsp3) is 0.500. The molecule has 1 saturated heterocycles. The summed E-state index contributed by atoms with van der Waals surface area (Å²) in [6, 6.07) is 2.80. The highest BCUT2D eigenvalue weighted by molar-refractivity contribution is 5.98.